The van der Waals surface area contributed by atoms with E-state index in [1.54, 1.807) is 13.8 Å². The van der Waals surface area contributed by atoms with Crippen molar-refractivity contribution in [3.05, 3.63) is 29.3 Å². The Kier molecular flexibility index (Phi) is 5.22. The number of benzene rings is 1. The molecular formula is C13H15NO6. The lowest BCUT2D eigenvalue weighted by atomic mass is 10.1. The first kappa shape index (κ1) is 15.6. The number of carboxylic acids is 2. The fraction of sp³-hybridized carbons (Fsp3) is 0.308. The lowest BCUT2D eigenvalue weighted by Crippen LogP contribution is -2.21. The molecule has 0 saturated carbocycles. The van der Waals surface area contributed by atoms with E-state index in [0.29, 0.717) is 0 Å². The van der Waals surface area contributed by atoms with Gasteiger partial charge >= 0.3 is 11.9 Å². The van der Waals surface area contributed by atoms with Crippen LogP contribution in [-0.2, 0) is 9.53 Å². The van der Waals surface area contributed by atoms with Crippen molar-refractivity contribution in [2.75, 3.05) is 11.9 Å². The normalized spacial score (nSPS) is 10.3. The highest BCUT2D eigenvalue weighted by Crippen LogP contribution is 2.15. The number of anilines is 1. The first-order valence-electron chi connectivity index (χ1n) is 5.82. The molecule has 7 heteroatoms. The topological polar surface area (TPSA) is 113 Å². The molecule has 7 nitrogen and oxygen atoms in total. The van der Waals surface area contributed by atoms with Crippen LogP contribution < -0.4 is 5.32 Å². The number of ether oxygens (including phenoxy) is 1. The number of carbonyl (C=O) groups is 3. The van der Waals surface area contributed by atoms with Gasteiger partial charge in [0.2, 0.25) is 5.91 Å². The van der Waals surface area contributed by atoms with Gasteiger partial charge in [0, 0.05) is 5.69 Å². The number of carboxylic acid groups (broad SMARTS) is 2. The predicted octanol–water partition coefficient (Wildman–Crippen LogP) is 1.45. The fourth-order valence-corrected chi connectivity index (χ4v) is 1.39. The summed E-state index contributed by atoms with van der Waals surface area (Å²) in [5.41, 5.74) is -0.338. The second-order valence-corrected chi connectivity index (χ2v) is 4.32. The molecule has 0 heterocycles. The number of rotatable bonds is 6. The molecule has 0 aliphatic rings. The first-order chi connectivity index (χ1) is 9.29. The van der Waals surface area contributed by atoms with Gasteiger partial charge in [0.05, 0.1) is 17.2 Å². The largest absolute Gasteiger partial charge is 0.478 e. The van der Waals surface area contributed by atoms with Crippen LogP contribution in [0.15, 0.2) is 18.2 Å². The molecule has 0 radical (unpaired) electrons. The SMILES string of the molecule is CC(C)OCC(=O)Nc1cc(C(=O)O)cc(C(=O)O)c1. The zero-order chi connectivity index (χ0) is 15.3. The lowest BCUT2D eigenvalue weighted by molar-refractivity contribution is -0.121. The molecule has 1 amide bonds. The van der Waals surface area contributed by atoms with E-state index in [2.05, 4.69) is 5.32 Å². The van der Waals surface area contributed by atoms with Crippen LogP contribution in [0.25, 0.3) is 0 Å². The minimum atomic E-state index is -1.28. The maximum absolute atomic E-state index is 11.5. The van der Waals surface area contributed by atoms with Crippen LogP contribution in [0.2, 0.25) is 0 Å². The van der Waals surface area contributed by atoms with Gasteiger partial charge in [-0.05, 0) is 32.0 Å². The van der Waals surface area contributed by atoms with Gasteiger partial charge in [-0.2, -0.15) is 0 Å². The van der Waals surface area contributed by atoms with Gasteiger partial charge in [0.15, 0.2) is 0 Å². The number of aromatic carboxylic acids is 2. The third-order valence-corrected chi connectivity index (χ3v) is 2.26. The van der Waals surface area contributed by atoms with Gasteiger partial charge in [-0.3, -0.25) is 4.79 Å². The maximum atomic E-state index is 11.5. The standard InChI is InChI=1S/C13H15NO6/c1-7(2)20-6-11(15)14-10-4-8(12(16)17)3-9(5-10)13(18)19/h3-5,7H,6H2,1-2H3,(H,14,15)(H,16,17)(H,18,19). The van der Waals surface area contributed by atoms with Gasteiger partial charge in [0.25, 0.3) is 0 Å². The molecule has 3 N–H and O–H groups in total. The van der Waals surface area contributed by atoms with E-state index in [9.17, 15) is 14.4 Å². The van der Waals surface area contributed by atoms with E-state index in [1.807, 2.05) is 0 Å². The van der Waals surface area contributed by atoms with Crippen LogP contribution in [0.1, 0.15) is 34.6 Å². The molecule has 20 heavy (non-hydrogen) atoms. The van der Waals surface area contributed by atoms with Gasteiger partial charge in [-0.15, -0.1) is 0 Å². The summed E-state index contributed by atoms with van der Waals surface area (Å²) in [4.78, 5) is 33.3. The highest BCUT2D eigenvalue weighted by atomic mass is 16.5. The molecule has 0 aliphatic carbocycles. The number of carbonyl (C=O) groups excluding carboxylic acids is 1. The third-order valence-electron chi connectivity index (χ3n) is 2.26. The monoisotopic (exact) mass is 281 g/mol. The number of hydrogen-bond donors (Lipinski definition) is 3. The van der Waals surface area contributed by atoms with Crippen molar-refractivity contribution in [2.45, 2.75) is 20.0 Å². The predicted molar refractivity (Wildman–Crippen MR) is 70.1 cm³/mol. The average molecular weight is 281 g/mol. The molecule has 0 atom stereocenters. The van der Waals surface area contributed by atoms with Gasteiger partial charge in [-0.25, -0.2) is 9.59 Å². The Labute approximate surface area is 115 Å². The summed E-state index contributed by atoms with van der Waals surface area (Å²) >= 11 is 0. The van der Waals surface area contributed by atoms with Crippen molar-refractivity contribution < 1.29 is 29.3 Å². The van der Waals surface area contributed by atoms with E-state index < -0.39 is 17.8 Å². The van der Waals surface area contributed by atoms with Gasteiger partial charge < -0.3 is 20.3 Å². The maximum Gasteiger partial charge on any atom is 0.335 e. The van der Waals surface area contributed by atoms with Crippen molar-refractivity contribution in [2.24, 2.45) is 0 Å². The zero-order valence-electron chi connectivity index (χ0n) is 11.0. The van der Waals surface area contributed by atoms with Gasteiger partial charge in [-0.1, -0.05) is 0 Å². The summed E-state index contributed by atoms with van der Waals surface area (Å²) in [6.45, 7) is 3.33. The average Bonchev–Trinajstić information content (AvgIpc) is 2.35. The second-order valence-electron chi connectivity index (χ2n) is 4.32. The van der Waals surface area contributed by atoms with Crippen LogP contribution >= 0.6 is 0 Å². The van der Waals surface area contributed by atoms with E-state index in [1.165, 1.54) is 12.1 Å². The van der Waals surface area contributed by atoms with Crippen LogP contribution in [0.5, 0.6) is 0 Å². The zero-order valence-corrected chi connectivity index (χ0v) is 11.0. The summed E-state index contributed by atoms with van der Waals surface area (Å²) in [6.07, 6.45) is -0.124. The first-order valence-corrected chi connectivity index (χ1v) is 5.82. The Hall–Kier alpha value is -2.41. The van der Waals surface area contributed by atoms with Gasteiger partial charge in [0.1, 0.15) is 6.61 Å². The third kappa shape index (κ3) is 4.69. The van der Waals surface area contributed by atoms with Crippen molar-refractivity contribution in [1.29, 1.82) is 0 Å². The summed E-state index contributed by atoms with van der Waals surface area (Å²) in [7, 11) is 0. The molecule has 1 aromatic rings. The number of nitrogens with one attached hydrogen (secondary N) is 1. The Bertz CT molecular complexity index is 505. The van der Waals surface area contributed by atoms with E-state index in [-0.39, 0.29) is 29.5 Å². The minimum absolute atomic E-state index is 0.0969. The summed E-state index contributed by atoms with van der Waals surface area (Å²) in [5.74, 6) is -3.04. The highest BCUT2D eigenvalue weighted by Gasteiger charge is 2.13. The molecule has 1 rings (SSSR count). The lowest BCUT2D eigenvalue weighted by Gasteiger charge is -2.09. The molecule has 0 aromatic heterocycles. The Balaban J connectivity index is 2.91. The van der Waals surface area contributed by atoms with Crippen molar-refractivity contribution in [3.63, 3.8) is 0 Å². The Morgan fingerprint density at radius 3 is 2.00 bits per heavy atom. The van der Waals surface area contributed by atoms with Crippen LogP contribution in [0.3, 0.4) is 0 Å². The molecule has 108 valence electrons. The molecule has 0 fully saturated rings. The number of hydrogen-bond acceptors (Lipinski definition) is 4. The van der Waals surface area contributed by atoms with Crippen LogP contribution in [-0.4, -0.2) is 40.8 Å². The summed E-state index contributed by atoms with van der Waals surface area (Å²) in [5, 5.41) is 20.2. The molecule has 0 saturated heterocycles. The van der Waals surface area contributed by atoms with E-state index >= 15 is 0 Å². The summed E-state index contributed by atoms with van der Waals surface area (Å²) < 4.78 is 5.09. The minimum Gasteiger partial charge on any atom is -0.478 e. The summed E-state index contributed by atoms with van der Waals surface area (Å²) in [6, 6.07) is 3.38. The molecule has 1 aromatic carbocycles. The molecule has 0 bridgehead atoms. The second kappa shape index (κ2) is 6.67. The highest BCUT2D eigenvalue weighted by molar-refractivity contribution is 5.98. The smallest absolute Gasteiger partial charge is 0.335 e. The van der Waals surface area contributed by atoms with Crippen molar-refractivity contribution in [1.82, 2.24) is 0 Å². The fourth-order valence-electron chi connectivity index (χ4n) is 1.39. The van der Waals surface area contributed by atoms with E-state index in [0.717, 1.165) is 6.07 Å². The molecule has 0 unspecified atom stereocenters. The van der Waals surface area contributed by atoms with Crippen LogP contribution in [0.4, 0.5) is 5.69 Å². The van der Waals surface area contributed by atoms with Crippen molar-refractivity contribution in [3.8, 4) is 0 Å². The van der Waals surface area contributed by atoms with Crippen LogP contribution in [0, 0.1) is 0 Å². The molecular weight excluding hydrogens is 266 g/mol. The quantitative estimate of drug-likeness (QED) is 0.727. The molecule has 0 aliphatic heterocycles. The number of amides is 1. The Morgan fingerprint density at radius 1 is 1.10 bits per heavy atom. The van der Waals surface area contributed by atoms with Crippen molar-refractivity contribution >= 4 is 23.5 Å². The molecule has 0 spiro atoms. The van der Waals surface area contributed by atoms with E-state index in [4.69, 9.17) is 14.9 Å². The Morgan fingerprint density at radius 2 is 1.60 bits per heavy atom.